The van der Waals surface area contributed by atoms with Crippen LogP contribution in [0.4, 0.5) is 0 Å². The average Bonchev–Trinajstić information content (AvgIpc) is 2.17. The lowest BCUT2D eigenvalue weighted by Crippen LogP contribution is -2.49. The van der Waals surface area contributed by atoms with E-state index in [0.717, 1.165) is 6.42 Å². The number of rotatable bonds is 7. The van der Waals surface area contributed by atoms with E-state index in [0.29, 0.717) is 19.3 Å². The molecule has 0 bridgehead atoms. The van der Waals surface area contributed by atoms with Crippen LogP contribution >= 0.6 is 0 Å². The normalized spacial score (nSPS) is 18.2. The minimum Gasteiger partial charge on any atom is -0.378 e. The first-order valence-electron chi connectivity index (χ1n) is 5.40. The van der Waals surface area contributed by atoms with Gasteiger partial charge in [-0.25, -0.2) is 4.90 Å². The Morgan fingerprint density at radius 3 is 1.57 bits per heavy atom. The Morgan fingerprint density at radius 1 is 0.857 bits per heavy atom. The van der Waals surface area contributed by atoms with Gasteiger partial charge in [0.25, 0.3) is 0 Å². The van der Waals surface area contributed by atoms with Gasteiger partial charge in [0.05, 0.1) is 0 Å². The van der Waals surface area contributed by atoms with Gasteiger partial charge < -0.3 is 15.3 Å². The van der Waals surface area contributed by atoms with Crippen LogP contribution in [0, 0.1) is 0 Å². The van der Waals surface area contributed by atoms with Gasteiger partial charge in [0.2, 0.25) is 0 Å². The zero-order valence-electron chi connectivity index (χ0n) is 9.35. The summed E-state index contributed by atoms with van der Waals surface area (Å²) in [6.45, 7) is 5.59. The van der Waals surface area contributed by atoms with Crippen LogP contribution in [0.2, 0.25) is 0 Å². The standard InChI is InChI=1S/C10H23NO3/c1-4-7-10(14)11(8(12)5-2)9(13)6-3/h8-10,12-14H,4-7H2,1-3H3. The maximum absolute atomic E-state index is 9.72. The molecule has 4 heteroatoms. The number of hydrogen-bond acceptors (Lipinski definition) is 4. The van der Waals surface area contributed by atoms with Crippen LogP contribution in [-0.2, 0) is 0 Å². The van der Waals surface area contributed by atoms with E-state index in [1.165, 1.54) is 4.90 Å². The van der Waals surface area contributed by atoms with Crippen LogP contribution < -0.4 is 0 Å². The Kier molecular flexibility index (Phi) is 7.09. The summed E-state index contributed by atoms with van der Waals surface area (Å²) in [5, 5.41) is 29.0. The zero-order valence-corrected chi connectivity index (χ0v) is 9.35. The highest BCUT2D eigenvalue weighted by molar-refractivity contribution is 4.67. The predicted octanol–water partition coefficient (Wildman–Crippen LogP) is 0.864. The van der Waals surface area contributed by atoms with Crippen molar-refractivity contribution in [2.24, 2.45) is 0 Å². The second kappa shape index (κ2) is 7.17. The van der Waals surface area contributed by atoms with E-state index in [-0.39, 0.29) is 0 Å². The zero-order chi connectivity index (χ0) is 11.1. The minimum atomic E-state index is -0.772. The van der Waals surface area contributed by atoms with Crippen LogP contribution in [0.3, 0.4) is 0 Å². The van der Waals surface area contributed by atoms with Crippen molar-refractivity contribution in [2.75, 3.05) is 0 Å². The van der Waals surface area contributed by atoms with Gasteiger partial charge in [-0.2, -0.15) is 0 Å². The highest BCUT2D eigenvalue weighted by atomic mass is 16.4. The van der Waals surface area contributed by atoms with Gasteiger partial charge in [-0.15, -0.1) is 0 Å². The van der Waals surface area contributed by atoms with Gasteiger partial charge in [-0.05, 0) is 19.3 Å². The van der Waals surface area contributed by atoms with Crippen LogP contribution in [0.5, 0.6) is 0 Å². The fourth-order valence-electron chi connectivity index (χ4n) is 1.42. The first kappa shape index (κ1) is 13.8. The Hall–Kier alpha value is -0.160. The van der Waals surface area contributed by atoms with Crippen molar-refractivity contribution < 1.29 is 15.3 Å². The molecular weight excluding hydrogens is 182 g/mol. The Labute approximate surface area is 86.2 Å². The molecule has 0 aliphatic carbocycles. The molecule has 14 heavy (non-hydrogen) atoms. The summed E-state index contributed by atoms with van der Waals surface area (Å²) >= 11 is 0. The molecule has 4 nitrogen and oxygen atoms in total. The number of aliphatic hydroxyl groups is 3. The lowest BCUT2D eigenvalue weighted by molar-refractivity contribution is -0.181. The van der Waals surface area contributed by atoms with Gasteiger partial charge in [0, 0.05) is 0 Å². The van der Waals surface area contributed by atoms with Crippen molar-refractivity contribution >= 4 is 0 Å². The maximum atomic E-state index is 9.72. The summed E-state index contributed by atoms with van der Waals surface area (Å²) in [7, 11) is 0. The molecule has 0 radical (unpaired) electrons. The van der Waals surface area contributed by atoms with Crippen molar-refractivity contribution in [3.8, 4) is 0 Å². The molecule has 0 aliphatic rings. The van der Waals surface area contributed by atoms with Crippen molar-refractivity contribution in [2.45, 2.75) is 65.1 Å². The summed E-state index contributed by atoms with van der Waals surface area (Å²) in [5.41, 5.74) is 0. The Bertz CT molecular complexity index is 133. The first-order chi connectivity index (χ1) is 6.58. The fraction of sp³-hybridized carbons (Fsp3) is 1.00. The van der Waals surface area contributed by atoms with Gasteiger partial charge in [-0.3, -0.25) is 0 Å². The first-order valence-corrected chi connectivity index (χ1v) is 5.40. The smallest absolute Gasteiger partial charge is 0.111 e. The molecule has 0 aliphatic heterocycles. The van der Waals surface area contributed by atoms with E-state index in [1.807, 2.05) is 20.8 Å². The topological polar surface area (TPSA) is 63.9 Å². The fourth-order valence-corrected chi connectivity index (χ4v) is 1.42. The molecule has 0 saturated carbocycles. The van der Waals surface area contributed by atoms with E-state index in [9.17, 15) is 15.3 Å². The molecule has 0 amide bonds. The van der Waals surface area contributed by atoms with Crippen LogP contribution in [-0.4, -0.2) is 38.9 Å². The molecule has 0 aromatic heterocycles. The summed E-state index contributed by atoms with van der Waals surface area (Å²) in [6.07, 6.45) is 0.0804. The number of nitrogens with zero attached hydrogens (tertiary/aromatic N) is 1. The Morgan fingerprint density at radius 2 is 1.29 bits per heavy atom. The molecule has 0 heterocycles. The molecule has 0 rings (SSSR count). The van der Waals surface area contributed by atoms with Gasteiger partial charge in [0.1, 0.15) is 18.7 Å². The summed E-state index contributed by atoms with van der Waals surface area (Å²) < 4.78 is 0. The molecule has 3 atom stereocenters. The third-order valence-corrected chi connectivity index (χ3v) is 2.31. The average molecular weight is 205 g/mol. The van der Waals surface area contributed by atoms with E-state index < -0.39 is 18.7 Å². The SMILES string of the molecule is CCCC(O)N(C(O)CC)C(O)CC. The van der Waals surface area contributed by atoms with Crippen molar-refractivity contribution in [3.05, 3.63) is 0 Å². The van der Waals surface area contributed by atoms with Gasteiger partial charge >= 0.3 is 0 Å². The van der Waals surface area contributed by atoms with Crippen molar-refractivity contribution in [3.63, 3.8) is 0 Å². The summed E-state index contributed by atoms with van der Waals surface area (Å²) in [6, 6.07) is 0. The van der Waals surface area contributed by atoms with Crippen LogP contribution in [0.15, 0.2) is 0 Å². The minimum absolute atomic E-state index is 0.498. The predicted molar refractivity (Wildman–Crippen MR) is 55.3 cm³/mol. The summed E-state index contributed by atoms with van der Waals surface area (Å²) in [4.78, 5) is 1.36. The highest BCUT2D eigenvalue weighted by Crippen LogP contribution is 2.14. The van der Waals surface area contributed by atoms with E-state index in [4.69, 9.17) is 0 Å². The molecule has 0 saturated heterocycles. The second-order valence-corrected chi connectivity index (χ2v) is 3.49. The number of aliphatic hydroxyl groups excluding tert-OH is 3. The summed E-state index contributed by atoms with van der Waals surface area (Å²) in [5.74, 6) is 0. The molecule has 0 fully saturated rings. The molecular formula is C10H23NO3. The molecule has 3 unspecified atom stereocenters. The second-order valence-electron chi connectivity index (χ2n) is 3.49. The van der Waals surface area contributed by atoms with E-state index in [2.05, 4.69) is 0 Å². The maximum Gasteiger partial charge on any atom is 0.111 e. The highest BCUT2D eigenvalue weighted by Gasteiger charge is 2.26. The van der Waals surface area contributed by atoms with E-state index >= 15 is 0 Å². The molecule has 3 N–H and O–H groups in total. The van der Waals surface area contributed by atoms with E-state index in [1.54, 1.807) is 0 Å². The lowest BCUT2D eigenvalue weighted by Gasteiger charge is -2.35. The van der Waals surface area contributed by atoms with Gasteiger partial charge in [0.15, 0.2) is 0 Å². The monoisotopic (exact) mass is 205 g/mol. The third-order valence-electron chi connectivity index (χ3n) is 2.31. The molecule has 0 aromatic carbocycles. The van der Waals surface area contributed by atoms with Crippen LogP contribution in [0.1, 0.15) is 46.5 Å². The third kappa shape index (κ3) is 3.92. The van der Waals surface area contributed by atoms with Gasteiger partial charge in [-0.1, -0.05) is 27.2 Å². The van der Waals surface area contributed by atoms with Crippen molar-refractivity contribution in [1.82, 2.24) is 4.90 Å². The Balaban J connectivity index is 4.36. The molecule has 0 aromatic rings. The number of hydrogen-bond donors (Lipinski definition) is 3. The largest absolute Gasteiger partial charge is 0.378 e. The lowest BCUT2D eigenvalue weighted by atomic mass is 10.2. The van der Waals surface area contributed by atoms with Crippen molar-refractivity contribution in [1.29, 1.82) is 0 Å². The molecule has 86 valence electrons. The quantitative estimate of drug-likeness (QED) is 0.539. The molecule has 0 spiro atoms. The van der Waals surface area contributed by atoms with Crippen LogP contribution in [0.25, 0.3) is 0 Å².